The maximum atomic E-state index is 13.3. The Kier molecular flexibility index (Phi) is 4.38. The van der Waals surface area contributed by atoms with Crippen LogP contribution in [0.25, 0.3) is 0 Å². The summed E-state index contributed by atoms with van der Waals surface area (Å²) in [7, 11) is -3.84. The van der Waals surface area contributed by atoms with Gasteiger partial charge in [-0.15, -0.1) is 0 Å². The Morgan fingerprint density at radius 3 is 2.80 bits per heavy atom. The fraction of sp³-hybridized carbons (Fsp3) is 0.500. The molecule has 112 valence electrons. The van der Waals surface area contributed by atoms with Crippen LogP contribution in [-0.2, 0) is 14.8 Å². The zero-order valence-corrected chi connectivity index (χ0v) is 13.4. The number of halogens is 2. The maximum Gasteiger partial charge on any atom is 0.243 e. The van der Waals surface area contributed by atoms with Crippen LogP contribution in [0.1, 0.15) is 19.8 Å². The van der Waals surface area contributed by atoms with Crippen molar-refractivity contribution in [1.82, 2.24) is 4.72 Å². The van der Waals surface area contributed by atoms with Crippen molar-refractivity contribution >= 4 is 31.6 Å². The molecule has 1 aliphatic heterocycles. The molecule has 1 aromatic rings. The lowest BCUT2D eigenvalue weighted by Crippen LogP contribution is -2.51. The Morgan fingerprint density at radius 2 is 2.20 bits per heavy atom. The lowest BCUT2D eigenvalue weighted by Gasteiger charge is -2.34. The Balaban J connectivity index is 2.33. The molecule has 0 radical (unpaired) electrons. The summed E-state index contributed by atoms with van der Waals surface area (Å²) in [5, 5.41) is 0. The van der Waals surface area contributed by atoms with E-state index in [4.69, 9.17) is 10.5 Å². The molecule has 5 nitrogen and oxygen atoms in total. The van der Waals surface area contributed by atoms with E-state index in [1.54, 1.807) is 6.92 Å². The first-order valence-corrected chi connectivity index (χ1v) is 8.37. The molecule has 20 heavy (non-hydrogen) atoms. The molecule has 1 aromatic carbocycles. The van der Waals surface area contributed by atoms with Gasteiger partial charge in [-0.25, -0.2) is 17.5 Å². The third-order valence-corrected chi connectivity index (χ3v) is 5.46. The summed E-state index contributed by atoms with van der Waals surface area (Å²) in [6.45, 7) is 2.70. The molecule has 0 amide bonds. The average Bonchev–Trinajstić information content (AvgIpc) is 2.33. The summed E-state index contributed by atoms with van der Waals surface area (Å²) in [5.74, 6) is -0.603. The second-order valence-electron chi connectivity index (χ2n) is 5.13. The lowest BCUT2D eigenvalue weighted by molar-refractivity contribution is 0.0386. The number of nitrogen functional groups attached to an aromatic ring is 1. The molecule has 1 heterocycles. The topological polar surface area (TPSA) is 81.4 Å². The van der Waals surface area contributed by atoms with Crippen LogP contribution in [0.2, 0.25) is 0 Å². The first kappa shape index (κ1) is 15.7. The molecule has 8 heteroatoms. The zero-order chi connectivity index (χ0) is 15.0. The number of anilines is 1. The Labute approximate surface area is 125 Å². The monoisotopic (exact) mass is 366 g/mol. The maximum absolute atomic E-state index is 13.3. The number of nitrogens with one attached hydrogen (secondary N) is 1. The Hall–Kier alpha value is -0.700. The van der Waals surface area contributed by atoms with E-state index in [0.29, 0.717) is 19.6 Å². The van der Waals surface area contributed by atoms with Crippen LogP contribution in [0.3, 0.4) is 0 Å². The van der Waals surface area contributed by atoms with E-state index < -0.39 is 21.4 Å². The van der Waals surface area contributed by atoms with Gasteiger partial charge in [0.25, 0.3) is 0 Å². The minimum Gasteiger partial charge on any atom is -0.398 e. The van der Waals surface area contributed by atoms with Gasteiger partial charge in [-0.3, -0.25) is 0 Å². The van der Waals surface area contributed by atoms with E-state index in [-0.39, 0.29) is 15.1 Å². The van der Waals surface area contributed by atoms with Gasteiger partial charge in [-0.1, -0.05) is 0 Å². The number of hydrogen-bond donors (Lipinski definition) is 2. The van der Waals surface area contributed by atoms with Crippen LogP contribution < -0.4 is 10.5 Å². The second kappa shape index (κ2) is 5.59. The minimum atomic E-state index is -3.84. The van der Waals surface area contributed by atoms with Crippen LogP contribution >= 0.6 is 15.9 Å². The van der Waals surface area contributed by atoms with Crippen LogP contribution in [0.4, 0.5) is 10.1 Å². The standard InChI is InChI=1S/C12H16BrFN2O3S/c1-12(3-2-4-19-7-12)16-20(17,18)11-5-8(13)9(14)6-10(11)15/h5-6,16H,2-4,7,15H2,1H3. The number of ether oxygens (including phenoxy) is 1. The van der Waals surface area contributed by atoms with Crippen molar-refractivity contribution in [3.8, 4) is 0 Å². The third kappa shape index (κ3) is 3.30. The molecule has 0 saturated carbocycles. The Bertz CT molecular complexity index is 615. The fourth-order valence-electron chi connectivity index (χ4n) is 2.17. The molecule has 0 aliphatic carbocycles. The van der Waals surface area contributed by atoms with E-state index in [1.807, 2.05) is 0 Å². The quantitative estimate of drug-likeness (QED) is 0.801. The summed E-state index contributed by atoms with van der Waals surface area (Å²) in [6, 6.07) is 2.15. The molecule has 1 atom stereocenters. The number of benzene rings is 1. The summed E-state index contributed by atoms with van der Waals surface area (Å²) in [4.78, 5) is -0.141. The smallest absolute Gasteiger partial charge is 0.243 e. The van der Waals surface area contributed by atoms with Gasteiger partial charge in [0.1, 0.15) is 10.7 Å². The number of sulfonamides is 1. The van der Waals surface area contributed by atoms with Crippen molar-refractivity contribution in [2.75, 3.05) is 18.9 Å². The van der Waals surface area contributed by atoms with Gasteiger partial charge in [0.05, 0.1) is 22.3 Å². The first-order valence-electron chi connectivity index (χ1n) is 6.10. The molecule has 1 unspecified atom stereocenters. The minimum absolute atomic E-state index is 0.0529. The molecule has 0 spiro atoms. The largest absolute Gasteiger partial charge is 0.398 e. The molecule has 0 aromatic heterocycles. The SMILES string of the molecule is CC1(NS(=O)(=O)c2cc(Br)c(F)cc2N)CCCOC1. The van der Waals surface area contributed by atoms with Crippen LogP contribution in [0.5, 0.6) is 0 Å². The number of nitrogens with two attached hydrogens (primary N) is 1. The van der Waals surface area contributed by atoms with Crippen molar-refractivity contribution in [3.63, 3.8) is 0 Å². The highest BCUT2D eigenvalue weighted by atomic mass is 79.9. The third-order valence-electron chi connectivity index (χ3n) is 3.16. The van der Waals surface area contributed by atoms with Crippen LogP contribution in [-0.4, -0.2) is 27.2 Å². The van der Waals surface area contributed by atoms with E-state index in [2.05, 4.69) is 20.7 Å². The van der Waals surface area contributed by atoms with Gasteiger partial charge in [0, 0.05) is 6.61 Å². The molecule has 3 N–H and O–H groups in total. The van der Waals surface area contributed by atoms with E-state index in [1.165, 1.54) is 6.07 Å². The predicted octanol–water partition coefficient (Wildman–Crippen LogP) is 2.02. The van der Waals surface area contributed by atoms with E-state index in [9.17, 15) is 12.8 Å². The highest BCUT2D eigenvalue weighted by Crippen LogP contribution is 2.28. The van der Waals surface area contributed by atoms with Gasteiger partial charge >= 0.3 is 0 Å². The van der Waals surface area contributed by atoms with Crippen molar-refractivity contribution in [2.24, 2.45) is 0 Å². The summed E-state index contributed by atoms with van der Waals surface area (Å²) in [6.07, 6.45) is 1.45. The molecule has 0 bridgehead atoms. The van der Waals surface area contributed by atoms with Crippen molar-refractivity contribution in [2.45, 2.75) is 30.2 Å². The van der Waals surface area contributed by atoms with E-state index >= 15 is 0 Å². The molecule has 2 rings (SSSR count). The number of rotatable bonds is 3. The summed E-state index contributed by atoms with van der Waals surface area (Å²) in [5.41, 5.74) is 4.81. The van der Waals surface area contributed by atoms with Crippen LogP contribution in [0.15, 0.2) is 21.5 Å². The van der Waals surface area contributed by atoms with Gasteiger partial charge in [-0.2, -0.15) is 0 Å². The summed E-state index contributed by atoms with van der Waals surface area (Å²) < 4.78 is 46.1. The highest BCUT2D eigenvalue weighted by Gasteiger charge is 2.34. The van der Waals surface area contributed by atoms with Gasteiger partial charge in [0.2, 0.25) is 10.0 Å². The fourth-order valence-corrected chi connectivity index (χ4v) is 4.23. The normalized spacial score (nSPS) is 23.8. The van der Waals surface area contributed by atoms with Crippen molar-refractivity contribution in [1.29, 1.82) is 0 Å². The molecule has 1 saturated heterocycles. The van der Waals surface area contributed by atoms with Gasteiger partial charge in [-0.05, 0) is 47.8 Å². The average molecular weight is 367 g/mol. The van der Waals surface area contributed by atoms with Crippen molar-refractivity contribution < 1.29 is 17.5 Å². The molecule has 1 aliphatic rings. The highest BCUT2D eigenvalue weighted by molar-refractivity contribution is 9.10. The number of hydrogen-bond acceptors (Lipinski definition) is 4. The molecular formula is C12H16BrFN2O3S. The molecule has 1 fully saturated rings. The predicted molar refractivity (Wildman–Crippen MR) is 77.3 cm³/mol. The van der Waals surface area contributed by atoms with Crippen LogP contribution in [0, 0.1) is 5.82 Å². The van der Waals surface area contributed by atoms with Crippen molar-refractivity contribution in [3.05, 3.63) is 22.4 Å². The zero-order valence-electron chi connectivity index (χ0n) is 10.9. The van der Waals surface area contributed by atoms with E-state index in [0.717, 1.165) is 12.5 Å². The van der Waals surface area contributed by atoms with Gasteiger partial charge in [0.15, 0.2) is 0 Å². The second-order valence-corrected chi connectivity index (χ2v) is 7.63. The summed E-state index contributed by atoms with van der Waals surface area (Å²) >= 11 is 2.96. The molecular weight excluding hydrogens is 351 g/mol. The first-order chi connectivity index (χ1) is 9.23. The lowest BCUT2D eigenvalue weighted by atomic mass is 9.97. The van der Waals surface area contributed by atoms with Gasteiger partial charge < -0.3 is 10.5 Å². The Morgan fingerprint density at radius 1 is 1.50 bits per heavy atom.